The first-order valence-electron chi connectivity index (χ1n) is 4.64. The largest absolute Gasteiger partial charge is 0.212 e. The van der Waals surface area contributed by atoms with E-state index in [-0.39, 0.29) is 6.04 Å². The minimum Gasteiger partial charge on any atom is -0.212 e. The molecule has 6 heteroatoms. The van der Waals surface area contributed by atoms with Gasteiger partial charge < -0.3 is 0 Å². The van der Waals surface area contributed by atoms with E-state index in [1.54, 1.807) is 4.31 Å². The number of sulfonamides is 1. The Balaban J connectivity index is 2.07. The zero-order valence-corrected chi connectivity index (χ0v) is 11.8. The molecule has 0 unspecified atom stereocenters. The van der Waals surface area contributed by atoms with Gasteiger partial charge in [-0.3, -0.25) is 0 Å². The number of nitrogens with zero attached hydrogens (tertiary/aromatic N) is 1. The minimum atomic E-state index is -2.98. The fourth-order valence-corrected chi connectivity index (χ4v) is 4.83. The van der Waals surface area contributed by atoms with E-state index in [1.807, 2.05) is 0 Å². The van der Waals surface area contributed by atoms with Gasteiger partial charge in [0, 0.05) is 22.2 Å². The first kappa shape index (κ1) is 11.4. The Bertz CT molecular complexity index is 332. The molecule has 1 aliphatic carbocycles. The second-order valence-electron chi connectivity index (χ2n) is 4.16. The van der Waals surface area contributed by atoms with Crippen LogP contribution in [-0.2, 0) is 10.0 Å². The van der Waals surface area contributed by atoms with Crippen LogP contribution in [0, 0.1) is 5.92 Å². The lowest BCUT2D eigenvalue weighted by atomic mass is 9.79. The average molecular weight is 347 g/mol. The molecule has 0 N–H and O–H groups in total. The van der Waals surface area contributed by atoms with Crippen molar-refractivity contribution in [2.45, 2.75) is 28.5 Å². The normalized spacial score (nSPS) is 44.2. The topological polar surface area (TPSA) is 37.4 Å². The molecule has 1 saturated heterocycles. The van der Waals surface area contributed by atoms with E-state index in [0.717, 1.165) is 12.8 Å². The number of hydrogen-bond donors (Lipinski definition) is 0. The van der Waals surface area contributed by atoms with Crippen molar-refractivity contribution in [1.82, 2.24) is 4.31 Å². The smallest absolute Gasteiger partial charge is 0.211 e. The molecule has 2 fully saturated rings. The molecule has 2 rings (SSSR count). The first-order chi connectivity index (χ1) is 6.39. The summed E-state index contributed by atoms with van der Waals surface area (Å²) in [4.78, 5) is 0.888. The van der Waals surface area contributed by atoms with Crippen LogP contribution >= 0.6 is 31.9 Å². The highest BCUT2D eigenvalue weighted by molar-refractivity contribution is 9.12. The van der Waals surface area contributed by atoms with Crippen LogP contribution in [0.15, 0.2) is 0 Å². The van der Waals surface area contributed by atoms with E-state index in [4.69, 9.17) is 0 Å². The number of hydrogen-bond acceptors (Lipinski definition) is 2. The van der Waals surface area contributed by atoms with Gasteiger partial charge in [0.1, 0.15) is 0 Å². The number of rotatable bonds is 1. The molecule has 0 aromatic carbocycles. The SMILES string of the molecule is CS(=O)(=O)N1C[C@@H]2C[C@H](Br)[C@H](Br)C[C@H]21. The molecular weight excluding hydrogens is 334 g/mol. The standard InChI is InChI=1S/C8H13Br2NO2S/c1-14(12,13)11-4-5-2-6(9)7(10)3-8(5)11/h5-8H,2-4H2,1H3/t5-,6-,7+,8+/m0/s1. The summed E-state index contributed by atoms with van der Waals surface area (Å²) in [5.74, 6) is 0.558. The van der Waals surface area contributed by atoms with Gasteiger partial charge >= 0.3 is 0 Å². The maximum absolute atomic E-state index is 11.4. The molecule has 1 saturated carbocycles. The molecule has 0 amide bonds. The Hall–Kier alpha value is 0.870. The molecule has 0 aromatic rings. The monoisotopic (exact) mass is 345 g/mol. The quantitative estimate of drug-likeness (QED) is 0.676. The van der Waals surface area contributed by atoms with Crippen molar-refractivity contribution in [3.05, 3.63) is 0 Å². The highest BCUT2D eigenvalue weighted by atomic mass is 79.9. The third-order valence-corrected chi connectivity index (χ3v) is 7.15. The molecule has 3 nitrogen and oxygen atoms in total. The zero-order valence-electron chi connectivity index (χ0n) is 7.86. The van der Waals surface area contributed by atoms with Crippen LogP contribution < -0.4 is 0 Å². The summed E-state index contributed by atoms with van der Waals surface area (Å²) in [5, 5.41) is 0. The molecule has 0 aromatic heterocycles. The van der Waals surface area contributed by atoms with E-state index >= 15 is 0 Å². The molecule has 1 heterocycles. The Kier molecular flexibility index (Phi) is 3.01. The summed E-state index contributed by atoms with van der Waals surface area (Å²) in [5.41, 5.74) is 0. The highest BCUT2D eigenvalue weighted by Crippen LogP contribution is 2.43. The van der Waals surface area contributed by atoms with Crippen LogP contribution in [0.1, 0.15) is 12.8 Å². The van der Waals surface area contributed by atoms with Crippen molar-refractivity contribution in [3.63, 3.8) is 0 Å². The second kappa shape index (κ2) is 3.71. The fourth-order valence-electron chi connectivity index (χ4n) is 2.32. The first-order valence-corrected chi connectivity index (χ1v) is 8.32. The van der Waals surface area contributed by atoms with Crippen LogP contribution in [0.4, 0.5) is 0 Å². The maximum atomic E-state index is 11.4. The lowest BCUT2D eigenvalue weighted by molar-refractivity contribution is 0.0675. The fraction of sp³-hybridized carbons (Fsp3) is 1.00. The van der Waals surface area contributed by atoms with E-state index in [9.17, 15) is 8.42 Å². The van der Waals surface area contributed by atoms with Gasteiger partial charge in [-0.25, -0.2) is 8.42 Å². The van der Waals surface area contributed by atoms with Crippen molar-refractivity contribution < 1.29 is 8.42 Å². The molecular formula is C8H13Br2NO2S. The van der Waals surface area contributed by atoms with Gasteiger partial charge in [0.05, 0.1) is 6.26 Å². The third kappa shape index (κ3) is 1.90. The van der Waals surface area contributed by atoms with Crippen LogP contribution in [0.5, 0.6) is 0 Å². The Morgan fingerprint density at radius 3 is 2.36 bits per heavy atom. The minimum absolute atomic E-state index is 0.239. The maximum Gasteiger partial charge on any atom is 0.211 e. The van der Waals surface area contributed by atoms with Crippen LogP contribution in [0.25, 0.3) is 0 Å². The summed E-state index contributed by atoms with van der Waals surface area (Å²) < 4.78 is 24.3. The lowest BCUT2D eigenvalue weighted by Crippen LogP contribution is -2.62. The molecule has 14 heavy (non-hydrogen) atoms. The number of alkyl halides is 2. The van der Waals surface area contributed by atoms with E-state index in [2.05, 4.69) is 31.9 Å². The van der Waals surface area contributed by atoms with Gasteiger partial charge in [0.2, 0.25) is 10.0 Å². The predicted octanol–water partition coefficient (Wildman–Crippen LogP) is 1.57. The van der Waals surface area contributed by atoms with Gasteiger partial charge in [-0.05, 0) is 18.8 Å². The average Bonchev–Trinajstić information content (AvgIpc) is 2.01. The van der Waals surface area contributed by atoms with Crippen LogP contribution in [0.2, 0.25) is 0 Å². The zero-order chi connectivity index (χ0) is 10.5. The molecule has 1 aliphatic heterocycles. The Morgan fingerprint density at radius 1 is 1.21 bits per heavy atom. The molecule has 82 valence electrons. The third-order valence-electron chi connectivity index (χ3n) is 3.14. The van der Waals surface area contributed by atoms with E-state index in [0.29, 0.717) is 22.1 Å². The molecule has 0 bridgehead atoms. The summed E-state index contributed by atoms with van der Waals surface area (Å²) in [6.45, 7) is 0.714. The lowest BCUT2D eigenvalue weighted by Gasteiger charge is -2.51. The Morgan fingerprint density at radius 2 is 1.79 bits per heavy atom. The van der Waals surface area contributed by atoms with Crippen molar-refractivity contribution in [2.75, 3.05) is 12.8 Å². The van der Waals surface area contributed by atoms with Crippen LogP contribution in [0.3, 0.4) is 0 Å². The van der Waals surface area contributed by atoms with Gasteiger partial charge in [-0.1, -0.05) is 31.9 Å². The van der Waals surface area contributed by atoms with Crippen LogP contribution in [-0.4, -0.2) is 41.2 Å². The molecule has 0 radical (unpaired) electrons. The predicted molar refractivity (Wildman–Crippen MR) is 63.5 cm³/mol. The van der Waals surface area contributed by atoms with Gasteiger partial charge in [-0.2, -0.15) is 4.31 Å². The summed E-state index contributed by atoms with van der Waals surface area (Å²) >= 11 is 7.19. The van der Waals surface area contributed by atoms with Gasteiger partial charge in [-0.15, -0.1) is 0 Å². The molecule has 2 aliphatic rings. The molecule has 4 atom stereocenters. The molecule has 0 spiro atoms. The second-order valence-corrected chi connectivity index (χ2v) is 8.45. The van der Waals surface area contributed by atoms with Crippen molar-refractivity contribution in [1.29, 1.82) is 0 Å². The van der Waals surface area contributed by atoms with Crippen molar-refractivity contribution in [2.24, 2.45) is 5.92 Å². The van der Waals surface area contributed by atoms with E-state index in [1.165, 1.54) is 6.26 Å². The van der Waals surface area contributed by atoms with E-state index < -0.39 is 10.0 Å². The van der Waals surface area contributed by atoms with Gasteiger partial charge in [0.25, 0.3) is 0 Å². The van der Waals surface area contributed by atoms with Crippen molar-refractivity contribution >= 4 is 41.9 Å². The van der Waals surface area contributed by atoms with Gasteiger partial charge in [0.15, 0.2) is 0 Å². The Labute approximate surface area is 102 Å². The highest BCUT2D eigenvalue weighted by Gasteiger charge is 2.48. The van der Waals surface area contributed by atoms with Crippen molar-refractivity contribution in [3.8, 4) is 0 Å². The summed E-state index contributed by atoms with van der Waals surface area (Å²) in [6.07, 6.45) is 3.30. The summed E-state index contributed by atoms with van der Waals surface area (Å²) in [6, 6.07) is 0.239. The summed E-state index contributed by atoms with van der Waals surface area (Å²) in [7, 11) is -2.98. The number of halogens is 2. The number of fused-ring (bicyclic) bond motifs is 1.